The smallest absolute Gasteiger partial charge is 0.318 e. The number of nitrogens with zero attached hydrogens (tertiary/aromatic N) is 1. The van der Waals surface area contributed by atoms with Crippen LogP contribution in [0, 0.1) is 12.3 Å². The Morgan fingerprint density at radius 3 is 2.77 bits per heavy atom. The van der Waals surface area contributed by atoms with Gasteiger partial charge in [-0.2, -0.15) is 0 Å². The van der Waals surface area contributed by atoms with Gasteiger partial charge in [-0.05, 0) is 12.8 Å². The molecule has 1 aliphatic rings. The number of nitrogens with one attached hydrogen (secondary N) is 1. The molecule has 13 heavy (non-hydrogen) atoms. The zero-order valence-electron chi connectivity index (χ0n) is 8.05. The van der Waals surface area contributed by atoms with Gasteiger partial charge in [0.15, 0.2) is 0 Å². The molecule has 0 unspecified atom stereocenters. The van der Waals surface area contributed by atoms with Crippen LogP contribution in [0.5, 0.6) is 0 Å². The molecule has 0 saturated heterocycles. The Bertz CT molecular complexity index is 213. The van der Waals surface area contributed by atoms with E-state index in [4.69, 9.17) is 6.42 Å². The van der Waals surface area contributed by atoms with E-state index in [1.165, 1.54) is 17.7 Å². The quantitative estimate of drug-likeness (QED) is 0.636. The van der Waals surface area contributed by atoms with Crippen LogP contribution in [0.1, 0.15) is 25.7 Å². The van der Waals surface area contributed by atoms with Gasteiger partial charge in [-0.25, -0.2) is 4.79 Å². The lowest BCUT2D eigenvalue weighted by Gasteiger charge is -2.18. The predicted octanol–water partition coefficient (Wildman–Crippen LogP) is 1.20. The van der Waals surface area contributed by atoms with E-state index in [9.17, 15) is 4.79 Å². The van der Waals surface area contributed by atoms with Crippen LogP contribution in [0.3, 0.4) is 0 Å². The lowest BCUT2D eigenvalue weighted by molar-refractivity contribution is 0.209. The third-order valence-corrected chi connectivity index (χ3v) is 2.36. The molecule has 3 heteroatoms. The first-order valence-corrected chi connectivity index (χ1v) is 4.69. The summed E-state index contributed by atoms with van der Waals surface area (Å²) in [6.45, 7) is 0.374. The van der Waals surface area contributed by atoms with Gasteiger partial charge in [0.2, 0.25) is 0 Å². The van der Waals surface area contributed by atoms with Gasteiger partial charge < -0.3 is 10.2 Å². The lowest BCUT2D eigenvalue weighted by Crippen LogP contribution is -2.42. The summed E-state index contributed by atoms with van der Waals surface area (Å²) in [5.41, 5.74) is 0. The second-order valence-electron chi connectivity index (χ2n) is 3.49. The molecule has 3 nitrogen and oxygen atoms in total. The summed E-state index contributed by atoms with van der Waals surface area (Å²) in [7, 11) is 1.71. The number of terminal acetylenes is 1. The Labute approximate surface area is 79.5 Å². The minimum absolute atomic E-state index is 0.0511. The molecule has 0 aromatic carbocycles. The largest absolute Gasteiger partial charge is 0.335 e. The van der Waals surface area contributed by atoms with Crippen molar-refractivity contribution in [2.75, 3.05) is 13.6 Å². The van der Waals surface area contributed by atoms with E-state index in [-0.39, 0.29) is 6.03 Å². The summed E-state index contributed by atoms with van der Waals surface area (Å²) in [5, 5.41) is 2.95. The number of carbonyl (C=O) groups is 1. The minimum atomic E-state index is -0.0511. The number of carbonyl (C=O) groups excluding carboxylic acids is 1. The number of hydrogen-bond donors (Lipinski definition) is 1. The van der Waals surface area contributed by atoms with Crippen molar-refractivity contribution in [1.82, 2.24) is 10.2 Å². The number of rotatable bonds is 2. The average Bonchev–Trinajstić information content (AvgIpc) is 2.57. The van der Waals surface area contributed by atoms with Gasteiger partial charge in [0.05, 0.1) is 6.54 Å². The van der Waals surface area contributed by atoms with E-state index in [0.717, 1.165) is 12.8 Å². The second kappa shape index (κ2) is 4.76. The predicted molar refractivity (Wildman–Crippen MR) is 52.3 cm³/mol. The molecule has 0 aromatic heterocycles. The average molecular weight is 180 g/mol. The lowest BCUT2D eigenvalue weighted by atomic mass is 10.2. The molecular weight excluding hydrogens is 164 g/mol. The van der Waals surface area contributed by atoms with Crippen molar-refractivity contribution in [2.45, 2.75) is 31.7 Å². The van der Waals surface area contributed by atoms with Gasteiger partial charge in [0.25, 0.3) is 0 Å². The van der Waals surface area contributed by atoms with Crippen LogP contribution in [0.15, 0.2) is 0 Å². The molecule has 0 radical (unpaired) electrons. The van der Waals surface area contributed by atoms with Gasteiger partial charge in [-0.1, -0.05) is 18.8 Å². The zero-order chi connectivity index (χ0) is 9.68. The molecule has 2 amide bonds. The Morgan fingerprint density at radius 2 is 2.23 bits per heavy atom. The Kier molecular flexibility index (Phi) is 3.63. The summed E-state index contributed by atoms with van der Waals surface area (Å²) >= 11 is 0. The summed E-state index contributed by atoms with van der Waals surface area (Å²) < 4.78 is 0. The number of amides is 2. The molecule has 0 atom stereocenters. The standard InChI is InChI=1S/C10H16N2O/c1-3-8-12(2)10(13)11-9-6-4-5-7-9/h1,9H,4-8H2,2H3,(H,11,13). The molecule has 1 fully saturated rings. The highest BCUT2D eigenvalue weighted by Crippen LogP contribution is 2.17. The maximum Gasteiger partial charge on any atom is 0.318 e. The van der Waals surface area contributed by atoms with Gasteiger partial charge >= 0.3 is 6.03 Å². The van der Waals surface area contributed by atoms with Gasteiger partial charge in [0, 0.05) is 13.1 Å². The molecule has 72 valence electrons. The number of urea groups is 1. The van der Waals surface area contributed by atoms with E-state index in [0.29, 0.717) is 12.6 Å². The fraction of sp³-hybridized carbons (Fsp3) is 0.700. The Morgan fingerprint density at radius 1 is 1.62 bits per heavy atom. The van der Waals surface area contributed by atoms with Crippen molar-refractivity contribution in [3.05, 3.63) is 0 Å². The van der Waals surface area contributed by atoms with Crippen molar-refractivity contribution in [1.29, 1.82) is 0 Å². The zero-order valence-corrected chi connectivity index (χ0v) is 8.05. The maximum atomic E-state index is 11.4. The molecule has 0 spiro atoms. The SMILES string of the molecule is C#CCN(C)C(=O)NC1CCCC1. The van der Waals surface area contributed by atoms with E-state index in [1.54, 1.807) is 7.05 Å². The third kappa shape index (κ3) is 2.98. The minimum Gasteiger partial charge on any atom is -0.335 e. The molecule has 1 N–H and O–H groups in total. The van der Waals surface area contributed by atoms with Crippen LogP contribution in [0.2, 0.25) is 0 Å². The third-order valence-electron chi connectivity index (χ3n) is 2.36. The van der Waals surface area contributed by atoms with E-state index in [2.05, 4.69) is 11.2 Å². The highest BCUT2D eigenvalue weighted by molar-refractivity contribution is 5.74. The van der Waals surface area contributed by atoms with Crippen molar-refractivity contribution in [3.63, 3.8) is 0 Å². The fourth-order valence-corrected chi connectivity index (χ4v) is 1.56. The molecule has 0 aliphatic heterocycles. The van der Waals surface area contributed by atoms with Crippen LogP contribution in [0.25, 0.3) is 0 Å². The van der Waals surface area contributed by atoms with Gasteiger partial charge in [-0.15, -0.1) is 6.42 Å². The fourth-order valence-electron chi connectivity index (χ4n) is 1.56. The molecule has 0 bridgehead atoms. The summed E-state index contributed by atoms with van der Waals surface area (Å²) in [6.07, 6.45) is 9.77. The molecule has 1 aliphatic carbocycles. The molecular formula is C10H16N2O. The first-order chi connectivity index (χ1) is 6.24. The second-order valence-corrected chi connectivity index (χ2v) is 3.49. The van der Waals surface area contributed by atoms with E-state index in [1.807, 2.05) is 0 Å². The molecule has 0 heterocycles. The van der Waals surface area contributed by atoms with Crippen molar-refractivity contribution >= 4 is 6.03 Å². The molecule has 1 rings (SSSR count). The molecule has 0 aromatic rings. The monoisotopic (exact) mass is 180 g/mol. The van der Waals surface area contributed by atoms with Crippen molar-refractivity contribution in [3.8, 4) is 12.3 Å². The highest BCUT2D eigenvalue weighted by Gasteiger charge is 2.18. The van der Waals surface area contributed by atoms with E-state index >= 15 is 0 Å². The van der Waals surface area contributed by atoms with Gasteiger partial charge in [-0.3, -0.25) is 0 Å². The summed E-state index contributed by atoms with van der Waals surface area (Å²) in [4.78, 5) is 12.9. The van der Waals surface area contributed by atoms with Gasteiger partial charge in [0.1, 0.15) is 0 Å². The van der Waals surface area contributed by atoms with Crippen LogP contribution >= 0.6 is 0 Å². The Balaban J connectivity index is 2.27. The normalized spacial score (nSPS) is 16.6. The summed E-state index contributed by atoms with van der Waals surface area (Å²) in [5.74, 6) is 2.44. The van der Waals surface area contributed by atoms with Crippen molar-refractivity contribution < 1.29 is 4.79 Å². The molecule has 1 saturated carbocycles. The number of hydrogen-bond acceptors (Lipinski definition) is 1. The maximum absolute atomic E-state index is 11.4. The van der Waals surface area contributed by atoms with Crippen LogP contribution in [-0.2, 0) is 0 Å². The topological polar surface area (TPSA) is 32.3 Å². The van der Waals surface area contributed by atoms with Crippen LogP contribution < -0.4 is 5.32 Å². The van der Waals surface area contributed by atoms with Crippen LogP contribution in [-0.4, -0.2) is 30.6 Å². The first-order valence-electron chi connectivity index (χ1n) is 4.69. The van der Waals surface area contributed by atoms with Crippen molar-refractivity contribution in [2.24, 2.45) is 0 Å². The van der Waals surface area contributed by atoms with Crippen LogP contribution in [0.4, 0.5) is 4.79 Å². The summed E-state index contributed by atoms with van der Waals surface area (Å²) in [6, 6.07) is 0.317. The first kappa shape index (κ1) is 9.91. The van der Waals surface area contributed by atoms with E-state index < -0.39 is 0 Å². The highest BCUT2D eigenvalue weighted by atomic mass is 16.2. The Hall–Kier alpha value is -1.17.